The average Bonchev–Trinajstić information content (AvgIpc) is 2.91. The first-order valence-electron chi connectivity index (χ1n) is 12.7. The Bertz CT molecular complexity index is 1170. The lowest BCUT2D eigenvalue weighted by Crippen LogP contribution is -2.49. The van der Waals surface area contributed by atoms with E-state index in [4.69, 9.17) is 21.1 Å². The van der Waals surface area contributed by atoms with Gasteiger partial charge in [-0.3, -0.25) is 9.59 Å². The number of amides is 2. The van der Waals surface area contributed by atoms with E-state index in [-0.39, 0.29) is 29.9 Å². The Morgan fingerprint density at radius 1 is 1.05 bits per heavy atom. The van der Waals surface area contributed by atoms with Crippen LogP contribution in [0.15, 0.2) is 53.4 Å². The molecular weight excluding hydrogens is 530 g/mol. The molecule has 2 aromatic rings. The van der Waals surface area contributed by atoms with Crippen molar-refractivity contribution >= 4 is 33.4 Å². The molecule has 2 aromatic carbocycles. The maximum Gasteiger partial charge on any atom is 0.261 e. The molecule has 0 bridgehead atoms. The lowest BCUT2D eigenvalue weighted by molar-refractivity contribution is -0.142. The van der Waals surface area contributed by atoms with Crippen molar-refractivity contribution in [2.45, 2.75) is 44.7 Å². The molecule has 1 saturated heterocycles. The second-order valence-corrected chi connectivity index (χ2v) is 11.9. The summed E-state index contributed by atoms with van der Waals surface area (Å²) in [7, 11) is -3.63. The Labute approximate surface area is 230 Å². The van der Waals surface area contributed by atoms with Gasteiger partial charge in [0, 0.05) is 31.2 Å². The molecule has 0 aromatic heterocycles. The van der Waals surface area contributed by atoms with Gasteiger partial charge in [0.2, 0.25) is 15.9 Å². The summed E-state index contributed by atoms with van der Waals surface area (Å²) in [6.45, 7) is 7.60. The lowest BCUT2D eigenvalue weighted by Gasteiger charge is -2.29. The van der Waals surface area contributed by atoms with Gasteiger partial charge in [0.1, 0.15) is 11.8 Å². The van der Waals surface area contributed by atoms with Gasteiger partial charge in [-0.25, -0.2) is 8.42 Å². The summed E-state index contributed by atoms with van der Waals surface area (Å²) in [5.41, 5.74) is 0.822. The van der Waals surface area contributed by atoms with Gasteiger partial charge in [-0.1, -0.05) is 37.6 Å². The van der Waals surface area contributed by atoms with Gasteiger partial charge in [-0.05, 0) is 61.2 Å². The largest absolute Gasteiger partial charge is 0.484 e. The molecule has 208 valence electrons. The third-order valence-corrected chi connectivity index (χ3v) is 8.41. The minimum absolute atomic E-state index is 0.147. The zero-order valence-electron chi connectivity index (χ0n) is 22.1. The summed E-state index contributed by atoms with van der Waals surface area (Å²) in [6.07, 6.45) is 0.837. The SMILES string of the molecule is CC(C)CCNC(=O)[C@H](C)N(Cc1ccc(Cl)cc1)C(=O)COc1ccc(S(=O)(=O)N2CCOCC2)cc1. The van der Waals surface area contributed by atoms with Crippen LogP contribution >= 0.6 is 11.6 Å². The second-order valence-electron chi connectivity index (χ2n) is 9.57. The van der Waals surface area contributed by atoms with Crippen LogP contribution in [0.5, 0.6) is 5.75 Å². The topological polar surface area (TPSA) is 105 Å². The number of sulfonamides is 1. The Morgan fingerprint density at radius 3 is 2.29 bits per heavy atom. The normalized spacial score (nSPS) is 15.2. The van der Waals surface area contributed by atoms with Crippen LogP contribution < -0.4 is 10.1 Å². The van der Waals surface area contributed by atoms with Gasteiger partial charge in [0.15, 0.2) is 6.61 Å². The molecule has 1 aliphatic rings. The maximum absolute atomic E-state index is 13.2. The number of rotatable bonds is 12. The van der Waals surface area contributed by atoms with Crippen molar-refractivity contribution in [3.63, 3.8) is 0 Å². The van der Waals surface area contributed by atoms with Gasteiger partial charge in [0.25, 0.3) is 5.91 Å². The first-order chi connectivity index (χ1) is 18.1. The molecular formula is C27H36ClN3O6S. The summed E-state index contributed by atoms with van der Waals surface area (Å²) in [4.78, 5) is 27.7. The van der Waals surface area contributed by atoms with E-state index in [0.717, 1.165) is 12.0 Å². The van der Waals surface area contributed by atoms with Gasteiger partial charge in [-0.15, -0.1) is 0 Å². The predicted molar refractivity (Wildman–Crippen MR) is 145 cm³/mol. The fraction of sp³-hybridized carbons (Fsp3) is 0.481. The fourth-order valence-corrected chi connectivity index (χ4v) is 5.41. The van der Waals surface area contributed by atoms with Crippen LogP contribution in [0.2, 0.25) is 5.02 Å². The number of carbonyl (C=O) groups excluding carboxylic acids is 2. The maximum atomic E-state index is 13.2. The van der Waals surface area contributed by atoms with Crippen molar-refractivity contribution in [1.29, 1.82) is 0 Å². The number of nitrogens with one attached hydrogen (secondary N) is 1. The monoisotopic (exact) mass is 565 g/mol. The number of nitrogens with zero attached hydrogens (tertiary/aromatic N) is 2. The van der Waals surface area contributed by atoms with E-state index < -0.39 is 16.1 Å². The molecule has 1 atom stereocenters. The van der Waals surface area contributed by atoms with E-state index in [1.54, 1.807) is 31.2 Å². The van der Waals surface area contributed by atoms with Crippen molar-refractivity contribution in [3.8, 4) is 5.75 Å². The Balaban J connectivity index is 1.66. The third kappa shape index (κ3) is 8.42. The van der Waals surface area contributed by atoms with Crippen LogP contribution in [0, 0.1) is 5.92 Å². The van der Waals surface area contributed by atoms with Crippen LogP contribution in [0.4, 0.5) is 0 Å². The number of halogens is 1. The van der Waals surface area contributed by atoms with Crippen LogP contribution in [0.1, 0.15) is 32.8 Å². The minimum atomic E-state index is -3.63. The highest BCUT2D eigenvalue weighted by atomic mass is 35.5. The number of carbonyl (C=O) groups is 2. The molecule has 1 heterocycles. The molecule has 0 radical (unpaired) electrons. The molecule has 9 nitrogen and oxygen atoms in total. The number of hydrogen-bond donors (Lipinski definition) is 1. The quantitative estimate of drug-likeness (QED) is 0.423. The minimum Gasteiger partial charge on any atom is -0.484 e. The molecule has 0 spiro atoms. The zero-order chi connectivity index (χ0) is 27.7. The van der Waals surface area contributed by atoms with Crippen LogP contribution in [0.3, 0.4) is 0 Å². The molecule has 0 unspecified atom stereocenters. The number of benzene rings is 2. The summed E-state index contributed by atoms with van der Waals surface area (Å²) in [6, 6.07) is 12.3. The highest BCUT2D eigenvalue weighted by molar-refractivity contribution is 7.89. The summed E-state index contributed by atoms with van der Waals surface area (Å²) in [5.74, 6) is 0.169. The summed E-state index contributed by atoms with van der Waals surface area (Å²) in [5, 5.41) is 3.48. The second kappa shape index (κ2) is 13.9. The van der Waals surface area contributed by atoms with Crippen LogP contribution in [-0.2, 0) is 30.9 Å². The molecule has 1 fully saturated rings. The third-order valence-electron chi connectivity index (χ3n) is 6.25. The summed E-state index contributed by atoms with van der Waals surface area (Å²) >= 11 is 6.00. The van der Waals surface area contributed by atoms with E-state index in [9.17, 15) is 18.0 Å². The van der Waals surface area contributed by atoms with Crippen molar-refractivity contribution in [2.75, 3.05) is 39.5 Å². The van der Waals surface area contributed by atoms with E-state index >= 15 is 0 Å². The van der Waals surface area contributed by atoms with E-state index in [1.807, 2.05) is 0 Å². The van der Waals surface area contributed by atoms with Gasteiger partial charge in [0.05, 0.1) is 18.1 Å². The van der Waals surface area contributed by atoms with E-state index in [2.05, 4.69) is 19.2 Å². The van der Waals surface area contributed by atoms with Gasteiger partial charge < -0.3 is 19.7 Å². The molecule has 2 amide bonds. The van der Waals surface area contributed by atoms with Crippen LogP contribution in [0.25, 0.3) is 0 Å². The van der Waals surface area contributed by atoms with E-state index in [0.29, 0.717) is 49.5 Å². The van der Waals surface area contributed by atoms with Gasteiger partial charge >= 0.3 is 0 Å². The smallest absolute Gasteiger partial charge is 0.261 e. The molecule has 38 heavy (non-hydrogen) atoms. The summed E-state index contributed by atoms with van der Waals surface area (Å²) < 4.78 is 38.0. The first kappa shape index (κ1) is 29.9. The number of morpholine rings is 1. The van der Waals surface area contributed by atoms with Gasteiger partial charge in [-0.2, -0.15) is 4.31 Å². The van der Waals surface area contributed by atoms with Crippen LogP contribution in [-0.4, -0.2) is 74.9 Å². The molecule has 1 aliphatic heterocycles. The average molecular weight is 566 g/mol. The highest BCUT2D eigenvalue weighted by Gasteiger charge is 2.28. The zero-order valence-corrected chi connectivity index (χ0v) is 23.6. The molecule has 11 heteroatoms. The lowest BCUT2D eigenvalue weighted by atomic mass is 10.1. The van der Waals surface area contributed by atoms with E-state index in [1.165, 1.54) is 33.5 Å². The van der Waals surface area contributed by atoms with Crippen molar-refractivity contribution in [2.24, 2.45) is 5.92 Å². The predicted octanol–water partition coefficient (Wildman–Crippen LogP) is 3.32. The Morgan fingerprint density at radius 2 is 1.68 bits per heavy atom. The molecule has 3 rings (SSSR count). The molecule has 1 N–H and O–H groups in total. The Kier molecular flexibility index (Phi) is 11.0. The first-order valence-corrected chi connectivity index (χ1v) is 14.5. The fourth-order valence-electron chi connectivity index (χ4n) is 3.87. The standard InChI is InChI=1S/C27H36ClN3O6S/c1-20(2)12-13-29-27(33)21(3)31(18-22-4-6-23(28)7-5-22)26(32)19-37-24-8-10-25(11-9-24)38(34,35)30-14-16-36-17-15-30/h4-11,20-21H,12-19H2,1-3H3,(H,29,33)/t21-/m0/s1. The Hall–Kier alpha value is -2.66. The molecule has 0 saturated carbocycles. The van der Waals surface area contributed by atoms with Crippen molar-refractivity contribution < 1.29 is 27.5 Å². The number of ether oxygens (including phenoxy) is 2. The highest BCUT2D eigenvalue weighted by Crippen LogP contribution is 2.21. The van der Waals surface area contributed by atoms with Crippen molar-refractivity contribution in [3.05, 3.63) is 59.1 Å². The number of hydrogen-bond acceptors (Lipinski definition) is 6. The molecule has 0 aliphatic carbocycles. The van der Waals surface area contributed by atoms with Crippen molar-refractivity contribution in [1.82, 2.24) is 14.5 Å².